The summed E-state index contributed by atoms with van der Waals surface area (Å²) in [6.07, 6.45) is -4.75. The van der Waals surface area contributed by atoms with Gasteiger partial charge in [-0.2, -0.15) is 13.2 Å². The van der Waals surface area contributed by atoms with Crippen LogP contribution in [0.2, 0.25) is 5.02 Å². The van der Waals surface area contributed by atoms with Gasteiger partial charge >= 0.3 is 6.18 Å². The molecule has 5 aromatic rings. The first-order valence-electron chi connectivity index (χ1n) is 12.3. The van der Waals surface area contributed by atoms with Crippen LogP contribution < -0.4 is 9.62 Å². The molecule has 1 aromatic heterocycles. The van der Waals surface area contributed by atoms with Gasteiger partial charge in [-0.3, -0.25) is 9.10 Å². The third kappa shape index (κ3) is 5.12. The maximum Gasteiger partial charge on any atom is 0.416 e. The number of rotatable bonds is 7. The molecule has 0 bridgehead atoms. The minimum absolute atomic E-state index is 0.204. The van der Waals surface area contributed by atoms with Gasteiger partial charge in [-0.25, -0.2) is 8.42 Å². The molecule has 0 atom stereocenters. The first-order valence-corrected chi connectivity index (χ1v) is 14.1. The van der Waals surface area contributed by atoms with Crippen LogP contribution in [0.25, 0.3) is 21.8 Å². The van der Waals surface area contributed by atoms with Crippen molar-refractivity contribution >= 4 is 60.7 Å². The van der Waals surface area contributed by atoms with Crippen LogP contribution in [0.1, 0.15) is 12.5 Å². The summed E-state index contributed by atoms with van der Waals surface area (Å²) in [5.41, 5.74) is 0.840. The van der Waals surface area contributed by atoms with Crippen LogP contribution in [-0.2, 0) is 27.5 Å². The summed E-state index contributed by atoms with van der Waals surface area (Å²) in [6.45, 7) is 1.95. The van der Waals surface area contributed by atoms with Crippen molar-refractivity contribution in [1.29, 1.82) is 0 Å². The van der Waals surface area contributed by atoms with Crippen molar-refractivity contribution in [1.82, 2.24) is 4.57 Å². The number of nitrogens with one attached hydrogen (secondary N) is 1. The number of alkyl halides is 3. The molecule has 0 unspecified atom stereocenters. The van der Waals surface area contributed by atoms with Crippen LogP contribution in [-0.4, -0.2) is 25.4 Å². The zero-order valence-electron chi connectivity index (χ0n) is 21.1. The van der Waals surface area contributed by atoms with Crippen molar-refractivity contribution in [3.63, 3.8) is 0 Å². The van der Waals surface area contributed by atoms with E-state index in [4.69, 9.17) is 11.6 Å². The maximum atomic E-state index is 13.6. The Morgan fingerprint density at radius 1 is 0.900 bits per heavy atom. The van der Waals surface area contributed by atoms with E-state index in [0.717, 1.165) is 40.5 Å². The largest absolute Gasteiger partial charge is 0.416 e. The molecule has 1 heterocycles. The lowest BCUT2D eigenvalue weighted by Gasteiger charge is -2.26. The molecule has 1 N–H and O–H groups in total. The van der Waals surface area contributed by atoms with Crippen molar-refractivity contribution in [2.24, 2.45) is 0 Å². The summed E-state index contributed by atoms with van der Waals surface area (Å²) in [5.74, 6) is -0.758. The number of carbonyl (C=O) groups excluding carboxylic acids is 1. The third-order valence-corrected chi connectivity index (χ3v) is 8.63. The number of hydrogen-bond acceptors (Lipinski definition) is 3. The molecule has 0 fully saturated rings. The Bertz CT molecular complexity index is 1840. The molecule has 0 spiro atoms. The Kier molecular flexibility index (Phi) is 7.24. The van der Waals surface area contributed by atoms with Gasteiger partial charge in [0.05, 0.1) is 21.2 Å². The number of anilines is 2. The van der Waals surface area contributed by atoms with E-state index in [1.807, 2.05) is 37.3 Å². The second-order valence-electron chi connectivity index (χ2n) is 9.03. The third-order valence-electron chi connectivity index (χ3n) is 6.53. The van der Waals surface area contributed by atoms with E-state index in [1.54, 1.807) is 18.2 Å². The normalized spacial score (nSPS) is 12.1. The van der Waals surface area contributed by atoms with Gasteiger partial charge in [-0.15, -0.1) is 0 Å². The minimum atomic E-state index is -4.75. The molecule has 6 nitrogen and oxygen atoms in total. The van der Waals surface area contributed by atoms with Gasteiger partial charge in [0.1, 0.15) is 6.54 Å². The topological polar surface area (TPSA) is 71.4 Å². The van der Waals surface area contributed by atoms with E-state index in [-0.39, 0.29) is 9.92 Å². The number of amides is 1. The number of nitrogens with zero attached hydrogens (tertiary/aromatic N) is 2. The number of sulfonamides is 1. The average Bonchev–Trinajstić information content (AvgIpc) is 3.25. The summed E-state index contributed by atoms with van der Waals surface area (Å²) in [5, 5.41) is 4.32. The average molecular weight is 586 g/mol. The lowest BCUT2D eigenvalue weighted by Crippen LogP contribution is -2.38. The lowest BCUT2D eigenvalue weighted by atomic mass is 10.1. The number of hydrogen-bond donors (Lipinski definition) is 1. The summed E-state index contributed by atoms with van der Waals surface area (Å²) < 4.78 is 70.4. The molecule has 0 saturated heterocycles. The second kappa shape index (κ2) is 10.5. The Morgan fingerprint density at radius 3 is 2.27 bits per heavy atom. The predicted octanol–water partition coefficient (Wildman–Crippen LogP) is 7.32. The van der Waals surface area contributed by atoms with E-state index in [0.29, 0.717) is 16.1 Å². The monoisotopic (exact) mass is 585 g/mol. The molecule has 0 radical (unpaired) electrons. The van der Waals surface area contributed by atoms with Crippen molar-refractivity contribution in [2.75, 3.05) is 16.2 Å². The van der Waals surface area contributed by atoms with Crippen LogP contribution in [0.3, 0.4) is 0 Å². The van der Waals surface area contributed by atoms with Gasteiger partial charge in [0.25, 0.3) is 10.0 Å². The van der Waals surface area contributed by atoms with Crippen LogP contribution in [0.4, 0.5) is 24.5 Å². The minimum Gasteiger partial charge on any atom is -0.341 e. The van der Waals surface area contributed by atoms with Gasteiger partial charge in [-0.1, -0.05) is 48.0 Å². The van der Waals surface area contributed by atoms with Crippen LogP contribution >= 0.6 is 11.6 Å². The van der Waals surface area contributed by atoms with E-state index in [1.165, 1.54) is 24.3 Å². The van der Waals surface area contributed by atoms with Gasteiger partial charge in [0, 0.05) is 34.0 Å². The van der Waals surface area contributed by atoms with Crippen molar-refractivity contribution < 1.29 is 26.4 Å². The lowest BCUT2D eigenvalue weighted by molar-refractivity contribution is -0.137. The molecular formula is C29H23ClF3N3O3S. The predicted molar refractivity (Wildman–Crippen MR) is 151 cm³/mol. The Morgan fingerprint density at radius 2 is 1.57 bits per heavy atom. The van der Waals surface area contributed by atoms with Gasteiger partial charge in [-0.05, 0) is 61.5 Å². The molecule has 5 rings (SSSR count). The highest BCUT2D eigenvalue weighted by atomic mass is 35.5. The highest BCUT2D eigenvalue weighted by Gasteiger charge is 2.34. The fraction of sp³-hybridized carbons (Fsp3) is 0.138. The Balaban J connectivity index is 1.53. The van der Waals surface area contributed by atoms with E-state index >= 15 is 0 Å². The number of fused-ring (bicyclic) bond motifs is 3. The standard InChI is InChI=1S/C29H23ClF3N3O3S/c1-2-35-25-11-7-6-10-22(25)23-17-20(13-15-26(23)35)34-28(37)18-36(40(38,39)21-8-4-3-5-9-21)27-16-19(29(31,32)33)12-14-24(27)30/h3-17H,2,18H2,1H3,(H,34,37). The molecular weight excluding hydrogens is 563 g/mol. The summed E-state index contributed by atoms with van der Waals surface area (Å²) in [7, 11) is -4.47. The van der Waals surface area contributed by atoms with Gasteiger partial charge in [0.15, 0.2) is 0 Å². The number of aromatic nitrogens is 1. The smallest absolute Gasteiger partial charge is 0.341 e. The molecule has 206 valence electrons. The zero-order chi connectivity index (χ0) is 28.7. The summed E-state index contributed by atoms with van der Waals surface area (Å²) >= 11 is 6.21. The molecule has 0 aliphatic heterocycles. The molecule has 1 amide bonds. The van der Waals surface area contributed by atoms with Crippen molar-refractivity contribution in [2.45, 2.75) is 24.5 Å². The highest BCUT2D eigenvalue weighted by Crippen LogP contribution is 2.37. The van der Waals surface area contributed by atoms with Crippen LogP contribution in [0.15, 0.2) is 95.9 Å². The number of para-hydroxylation sites is 1. The van der Waals surface area contributed by atoms with Crippen LogP contribution in [0, 0.1) is 0 Å². The highest BCUT2D eigenvalue weighted by molar-refractivity contribution is 7.92. The summed E-state index contributed by atoms with van der Waals surface area (Å²) in [6, 6.07) is 22.6. The van der Waals surface area contributed by atoms with Gasteiger partial charge < -0.3 is 9.88 Å². The first kappa shape index (κ1) is 27.5. The molecule has 4 aromatic carbocycles. The molecule has 0 aliphatic carbocycles. The SMILES string of the molecule is CCn1c2ccccc2c2cc(NC(=O)CN(c3cc(C(F)(F)F)ccc3Cl)S(=O)(=O)c3ccccc3)ccc21. The van der Waals surface area contributed by atoms with E-state index in [9.17, 15) is 26.4 Å². The molecule has 0 saturated carbocycles. The van der Waals surface area contributed by atoms with Crippen molar-refractivity contribution in [3.05, 3.63) is 102 Å². The van der Waals surface area contributed by atoms with E-state index in [2.05, 4.69) is 9.88 Å². The molecule has 11 heteroatoms. The van der Waals surface area contributed by atoms with Crippen molar-refractivity contribution in [3.8, 4) is 0 Å². The Labute approximate surface area is 233 Å². The maximum absolute atomic E-state index is 13.6. The number of halogens is 4. The van der Waals surface area contributed by atoms with Gasteiger partial charge in [0.2, 0.25) is 5.91 Å². The fourth-order valence-corrected chi connectivity index (χ4v) is 6.42. The molecule has 0 aliphatic rings. The van der Waals surface area contributed by atoms with Crippen LogP contribution in [0.5, 0.6) is 0 Å². The number of carbonyl (C=O) groups is 1. The quantitative estimate of drug-likeness (QED) is 0.217. The number of benzene rings is 4. The second-order valence-corrected chi connectivity index (χ2v) is 11.3. The first-order chi connectivity index (χ1) is 19.0. The Hall–Kier alpha value is -4.02. The molecule has 40 heavy (non-hydrogen) atoms. The van der Waals surface area contributed by atoms with E-state index < -0.39 is 39.9 Å². The fourth-order valence-electron chi connectivity index (χ4n) is 4.70. The summed E-state index contributed by atoms with van der Waals surface area (Å²) in [4.78, 5) is 13.0. The number of aryl methyl sites for hydroxylation is 1. The zero-order valence-corrected chi connectivity index (χ0v) is 22.7.